The molecule has 3 aliphatic heterocycles. The largest absolute Gasteiger partial charge is 0.552 e. The second-order valence-electron chi connectivity index (χ2n) is 13.1. The Hall–Kier alpha value is -3.73. The highest BCUT2D eigenvalue weighted by molar-refractivity contribution is 6.53. The summed E-state index contributed by atoms with van der Waals surface area (Å²) >= 11 is 0. The zero-order chi connectivity index (χ0) is 30.7. The molecule has 1 aliphatic carbocycles. The zero-order valence-electron chi connectivity index (χ0n) is 25.9. The molecule has 1 saturated heterocycles. The summed E-state index contributed by atoms with van der Waals surface area (Å²) in [6, 6.07) is 4.59. The molecule has 0 spiro atoms. The normalized spacial score (nSPS) is 24.9. The molecule has 4 aromatic heterocycles. The van der Waals surface area contributed by atoms with E-state index in [9.17, 15) is 10.0 Å². The van der Waals surface area contributed by atoms with Crippen LogP contribution < -0.4 is 19.6 Å². The maximum Gasteiger partial charge on any atom is 0.552 e. The first-order valence-corrected chi connectivity index (χ1v) is 16.6. The first-order chi connectivity index (χ1) is 22.0. The van der Waals surface area contributed by atoms with Crippen molar-refractivity contribution in [2.75, 3.05) is 24.6 Å². The number of pyridine rings is 2. The Balaban J connectivity index is 1.09. The Morgan fingerprint density at radius 3 is 2.44 bits per heavy atom. The molecule has 2 atom stereocenters. The molecule has 0 aromatic carbocycles. The van der Waals surface area contributed by atoms with Gasteiger partial charge in [-0.2, -0.15) is 0 Å². The number of fused-ring (bicyclic) bond motifs is 6. The standard InChI is InChI=1S/C33H40B2N6O4/c1-3-13-40(22-6-4-21(5-7-22)26-15-34(42)44-28-18-38-32-24(30(26)28)9-12-37-32)41-14-10-25-31-27(23-8-11-36-17-20(23)2)16-35(43)45-29(31)19-39-33(25)41/h9-10,12,14-16,18-23,36,42-43H,3-8,11,13,17H2,1-2H3,(H,37,38)/t20-,21?,22?,23+/m0/s1. The number of aromatic amines is 1. The SMILES string of the molecule is CCCN(C1CCC(C2=CB(O)Oc3cnc4[nH]ccc4c32)CC1)n1ccc2c3c(cnc21)OB(O)C=C3[C@@H]1CCNC[C@@H]1C. The molecule has 4 N–H and O–H groups in total. The number of piperidine rings is 1. The van der Waals surface area contributed by atoms with Gasteiger partial charge in [-0.15, -0.1) is 0 Å². The lowest BCUT2D eigenvalue weighted by Gasteiger charge is -2.40. The second-order valence-corrected chi connectivity index (χ2v) is 13.1. The zero-order valence-corrected chi connectivity index (χ0v) is 25.9. The van der Waals surface area contributed by atoms with Crippen LogP contribution in [0.4, 0.5) is 0 Å². The van der Waals surface area contributed by atoms with Gasteiger partial charge < -0.3 is 34.7 Å². The van der Waals surface area contributed by atoms with Gasteiger partial charge in [0, 0.05) is 46.9 Å². The summed E-state index contributed by atoms with van der Waals surface area (Å²) in [5, 5.41) is 29.3. The van der Waals surface area contributed by atoms with Gasteiger partial charge in [0.2, 0.25) is 0 Å². The van der Waals surface area contributed by atoms with Gasteiger partial charge in [0.15, 0.2) is 5.65 Å². The van der Waals surface area contributed by atoms with Crippen molar-refractivity contribution in [3.05, 3.63) is 60.0 Å². The Labute approximate surface area is 263 Å². The Kier molecular flexibility index (Phi) is 7.38. The quantitative estimate of drug-likeness (QED) is 0.239. The Morgan fingerprint density at radius 1 is 0.956 bits per heavy atom. The van der Waals surface area contributed by atoms with Crippen molar-refractivity contribution in [1.82, 2.24) is 24.9 Å². The van der Waals surface area contributed by atoms with E-state index < -0.39 is 14.2 Å². The molecule has 45 heavy (non-hydrogen) atoms. The average molecular weight is 606 g/mol. The summed E-state index contributed by atoms with van der Waals surface area (Å²) < 4.78 is 13.9. The van der Waals surface area contributed by atoms with Gasteiger partial charge in [0.05, 0.1) is 12.4 Å². The lowest BCUT2D eigenvalue weighted by Crippen LogP contribution is -2.46. The molecule has 8 rings (SSSR count). The van der Waals surface area contributed by atoms with Crippen LogP contribution in [0.1, 0.15) is 63.5 Å². The lowest BCUT2D eigenvalue weighted by atomic mass is 9.72. The number of H-pyrrole nitrogens is 1. The molecule has 2 fully saturated rings. The highest BCUT2D eigenvalue weighted by atomic mass is 16.5. The number of hydrogen-bond donors (Lipinski definition) is 4. The van der Waals surface area contributed by atoms with Crippen LogP contribution in [0.15, 0.2) is 48.9 Å². The van der Waals surface area contributed by atoms with Crippen molar-refractivity contribution in [2.24, 2.45) is 17.8 Å². The molecule has 1 saturated carbocycles. The number of allylic oxidation sites excluding steroid dienone is 2. The first-order valence-electron chi connectivity index (χ1n) is 16.6. The van der Waals surface area contributed by atoms with E-state index in [0.717, 1.165) is 91.4 Å². The maximum absolute atomic E-state index is 10.6. The monoisotopic (exact) mass is 606 g/mol. The predicted octanol–water partition coefficient (Wildman–Crippen LogP) is 4.36. The van der Waals surface area contributed by atoms with Crippen molar-refractivity contribution in [1.29, 1.82) is 0 Å². The van der Waals surface area contributed by atoms with Gasteiger partial charge in [-0.3, -0.25) is 0 Å². The van der Waals surface area contributed by atoms with Crippen molar-refractivity contribution >= 4 is 47.4 Å². The fourth-order valence-corrected chi connectivity index (χ4v) is 8.33. The van der Waals surface area contributed by atoms with Crippen LogP contribution in [0.3, 0.4) is 0 Å². The third-order valence-corrected chi connectivity index (χ3v) is 10.4. The maximum atomic E-state index is 10.6. The first kappa shape index (κ1) is 28.7. The summed E-state index contributed by atoms with van der Waals surface area (Å²) in [5.41, 5.74) is 6.27. The van der Waals surface area contributed by atoms with Crippen LogP contribution in [0.2, 0.25) is 0 Å². The summed E-state index contributed by atoms with van der Waals surface area (Å²) in [5.74, 6) is 6.26. The molecule has 0 amide bonds. The Morgan fingerprint density at radius 2 is 1.69 bits per heavy atom. The van der Waals surface area contributed by atoms with E-state index in [1.165, 1.54) is 11.1 Å². The average Bonchev–Trinajstić information content (AvgIpc) is 3.71. The van der Waals surface area contributed by atoms with Crippen LogP contribution >= 0.6 is 0 Å². The number of hydrogen-bond acceptors (Lipinski definition) is 8. The molecule has 12 heteroatoms. The minimum absolute atomic E-state index is 0.331. The van der Waals surface area contributed by atoms with Crippen LogP contribution in [-0.4, -0.2) is 69.6 Å². The fraction of sp³-hybridized carbons (Fsp3) is 0.455. The lowest BCUT2D eigenvalue weighted by molar-refractivity contribution is 0.327. The number of nitrogens with one attached hydrogen (secondary N) is 2. The van der Waals surface area contributed by atoms with E-state index in [2.05, 4.69) is 51.1 Å². The van der Waals surface area contributed by atoms with Gasteiger partial charge in [0.25, 0.3) is 0 Å². The van der Waals surface area contributed by atoms with Crippen molar-refractivity contribution < 1.29 is 19.4 Å². The number of rotatable bonds is 6. The van der Waals surface area contributed by atoms with E-state index >= 15 is 0 Å². The van der Waals surface area contributed by atoms with Crippen LogP contribution in [-0.2, 0) is 0 Å². The van der Waals surface area contributed by atoms with Gasteiger partial charge in [-0.05, 0) is 105 Å². The molecule has 4 aromatic rings. The summed E-state index contributed by atoms with van der Waals surface area (Å²) in [7, 11) is -1.91. The summed E-state index contributed by atoms with van der Waals surface area (Å²) in [6.45, 7) is 7.39. The van der Waals surface area contributed by atoms with Gasteiger partial charge in [-0.25, -0.2) is 14.6 Å². The molecule has 4 aliphatic rings. The second kappa shape index (κ2) is 11.6. The minimum Gasteiger partial charge on any atom is -0.531 e. The van der Waals surface area contributed by atoms with Gasteiger partial charge >= 0.3 is 14.2 Å². The van der Waals surface area contributed by atoms with Crippen LogP contribution in [0.25, 0.3) is 33.2 Å². The summed E-state index contributed by atoms with van der Waals surface area (Å²) in [4.78, 5) is 12.6. The van der Waals surface area contributed by atoms with Gasteiger partial charge in [-0.1, -0.05) is 13.8 Å². The fourth-order valence-electron chi connectivity index (χ4n) is 8.33. The molecule has 0 radical (unpaired) electrons. The van der Waals surface area contributed by atoms with E-state index in [1.807, 2.05) is 24.2 Å². The van der Waals surface area contributed by atoms with Crippen LogP contribution in [0.5, 0.6) is 11.5 Å². The molecular formula is C33H40B2N6O4. The highest BCUT2D eigenvalue weighted by Crippen LogP contribution is 2.46. The Bertz CT molecular complexity index is 1790. The van der Waals surface area contributed by atoms with Crippen molar-refractivity contribution in [3.63, 3.8) is 0 Å². The molecule has 0 unspecified atom stereocenters. The van der Waals surface area contributed by atoms with E-state index in [4.69, 9.17) is 14.3 Å². The highest BCUT2D eigenvalue weighted by Gasteiger charge is 2.37. The smallest absolute Gasteiger partial charge is 0.531 e. The van der Waals surface area contributed by atoms with Gasteiger partial charge in [0.1, 0.15) is 17.1 Å². The molecule has 7 heterocycles. The van der Waals surface area contributed by atoms with Crippen molar-refractivity contribution in [2.45, 2.75) is 58.4 Å². The van der Waals surface area contributed by atoms with E-state index in [-0.39, 0.29) is 0 Å². The van der Waals surface area contributed by atoms with Crippen molar-refractivity contribution in [3.8, 4) is 11.5 Å². The third-order valence-electron chi connectivity index (χ3n) is 10.4. The third kappa shape index (κ3) is 4.94. The minimum atomic E-state index is -0.958. The topological polar surface area (TPSA) is 121 Å². The van der Waals surface area contributed by atoms with E-state index in [1.54, 1.807) is 12.4 Å². The molecule has 232 valence electrons. The summed E-state index contributed by atoms with van der Waals surface area (Å²) in [6.07, 6.45) is 13.8. The number of aromatic nitrogens is 4. The molecule has 0 bridgehead atoms. The van der Waals surface area contributed by atoms with Crippen LogP contribution in [0, 0.1) is 17.8 Å². The number of nitrogens with zero attached hydrogens (tertiary/aromatic N) is 4. The predicted molar refractivity (Wildman–Crippen MR) is 178 cm³/mol. The van der Waals surface area contributed by atoms with E-state index in [0.29, 0.717) is 35.3 Å². The molecule has 10 nitrogen and oxygen atoms in total. The molecular weight excluding hydrogens is 566 g/mol.